The van der Waals surface area contributed by atoms with Gasteiger partial charge in [-0.25, -0.2) is 22.4 Å². The molecule has 0 bridgehead atoms. The van der Waals surface area contributed by atoms with Crippen LogP contribution in [-0.4, -0.2) is 43.8 Å². The minimum atomic E-state index is -5.57. The Kier molecular flexibility index (Phi) is 7.26. The highest BCUT2D eigenvalue weighted by Crippen LogP contribution is 2.39. The van der Waals surface area contributed by atoms with Crippen molar-refractivity contribution in [3.8, 4) is 11.5 Å². The molecule has 1 aromatic rings. The Bertz CT molecular complexity index is 685. The second-order valence-electron chi connectivity index (χ2n) is 5.34. The van der Waals surface area contributed by atoms with Crippen molar-refractivity contribution in [3.63, 3.8) is 0 Å². The van der Waals surface area contributed by atoms with Crippen LogP contribution < -0.4 is 20.1 Å². The minimum Gasteiger partial charge on any atom is -0.459 e. The zero-order valence-corrected chi connectivity index (χ0v) is 13.9. The average molecular weight is 428 g/mol. The number of alkyl halides is 9. The Morgan fingerprint density at radius 2 is 1.75 bits per heavy atom. The summed E-state index contributed by atoms with van der Waals surface area (Å²) in [6, 6.07) is 0.760. The van der Waals surface area contributed by atoms with Crippen LogP contribution in [-0.2, 0) is 0 Å². The number of para-hydroxylation sites is 1. The van der Waals surface area contributed by atoms with Gasteiger partial charge in [0.05, 0.1) is 5.69 Å². The Hall–Kier alpha value is -2.54. The Morgan fingerprint density at radius 3 is 2.21 bits per heavy atom. The SMILES string of the molecule is CC(NC(=O)Nc1cccc(OCF)c1OC(F)(F)CF)(C(F)F)C(F)(F)F. The lowest BCUT2D eigenvalue weighted by Gasteiger charge is -2.32. The molecule has 1 unspecified atom stereocenters. The third-order valence-corrected chi connectivity index (χ3v) is 3.24. The van der Waals surface area contributed by atoms with Crippen LogP contribution in [0.4, 0.5) is 50.0 Å². The number of carbonyl (C=O) groups is 1. The van der Waals surface area contributed by atoms with Crippen LogP contribution in [0, 0.1) is 0 Å². The molecular formula is C14H13F9N2O3. The van der Waals surface area contributed by atoms with Gasteiger partial charge in [0.1, 0.15) is 0 Å². The number of urea groups is 1. The molecule has 0 heterocycles. The molecule has 5 nitrogen and oxygen atoms in total. The molecule has 28 heavy (non-hydrogen) atoms. The van der Waals surface area contributed by atoms with Crippen LogP contribution >= 0.6 is 0 Å². The van der Waals surface area contributed by atoms with Crippen molar-refractivity contribution in [2.45, 2.75) is 31.2 Å². The third-order valence-electron chi connectivity index (χ3n) is 3.24. The van der Waals surface area contributed by atoms with Gasteiger partial charge in [-0.1, -0.05) is 6.07 Å². The van der Waals surface area contributed by atoms with E-state index in [1.54, 1.807) is 5.32 Å². The lowest BCUT2D eigenvalue weighted by molar-refractivity contribution is -0.221. The molecule has 0 aliphatic heterocycles. The molecule has 160 valence electrons. The van der Waals surface area contributed by atoms with E-state index >= 15 is 0 Å². The quantitative estimate of drug-likeness (QED) is 0.594. The first-order chi connectivity index (χ1) is 12.8. The molecule has 2 amide bonds. The van der Waals surface area contributed by atoms with Crippen LogP contribution in [0.2, 0.25) is 0 Å². The van der Waals surface area contributed by atoms with Crippen LogP contribution in [0.3, 0.4) is 0 Å². The normalized spacial score (nSPS) is 14.4. The van der Waals surface area contributed by atoms with Crippen LogP contribution in [0.25, 0.3) is 0 Å². The second-order valence-corrected chi connectivity index (χ2v) is 5.34. The first kappa shape index (κ1) is 23.5. The molecule has 0 saturated carbocycles. The Morgan fingerprint density at radius 1 is 1.14 bits per heavy atom. The predicted octanol–water partition coefficient (Wildman–Crippen LogP) is 4.64. The predicted molar refractivity (Wildman–Crippen MR) is 77.2 cm³/mol. The molecule has 0 radical (unpaired) electrons. The summed E-state index contributed by atoms with van der Waals surface area (Å²) < 4.78 is 123. The second kappa shape index (κ2) is 8.65. The van der Waals surface area contributed by atoms with E-state index in [0.717, 1.165) is 23.5 Å². The van der Waals surface area contributed by atoms with Crippen molar-refractivity contribution in [2.24, 2.45) is 0 Å². The molecule has 0 saturated heterocycles. The van der Waals surface area contributed by atoms with E-state index in [4.69, 9.17) is 0 Å². The summed E-state index contributed by atoms with van der Waals surface area (Å²) in [5.41, 5.74) is -4.80. The molecule has 0 aliphatic rings. The molecule has 14 heteroatoms. The van der Waals surface area contributed by atoms with Crippen LogP contribution in [0.5, 0.6) is 11.5 Å². The summed E-state index contributed by atoms with van der Waals surface area (Å²) in [4.78, 5) is 11.7. The summed E-state index contributed by atoms with van der Waals surface area (Å²) in [5, 5.41) is 2.55. The van der Waals surface area contributed by atoms with E-state index in [1.165, 1.54) is 0 Å². The van der Waals surface area contributed by atoms with Gasteiger partial charge in [-0.15, -0.1) is 0 Å². The van der Waals surface area contributed by atoms with Gasteiger partial charge in [0.2, 0.25) is 6.86 Å². The molecular weight excluding hydrogens is 415 g/mol. The van der Waals surface area contributed by atoms with E-state index < -0.39 is 61.0 Å². The number of hydrogen-bond donors (Lipinski definition) is 2. The molecule has 2 N–H and O–H groups in total. The number of amides is 2. The largest absolute Gasteiger partial charge is 0.459 e. The minimum absolute atomic E-state index is 0.00541. The highest BCUT2D eigenvalue weighted by atomic mass is 19.4. The molecule has 0 aromatic heterocycles. The van der Waals surface area contributed by atoms with Crippen molar-refractivity contribution in [2.75, 3.05) is 18.9 Å². The van der Waals surface area contributed by atoms with Crippen molar-refractivity contribution < 1.29 is 53.8 Å². The maximum absolute atomic E-state index is 13.2. The van der Waals surface area contributed by atoms with E-state index in [2.05, 4.69) is 9.47 Å². The molecule has 1 atom stereocenters. The number of nitrogens with one attached hydrogen (secondary N) is 2. The van der Waals surface area contributed by atoms with Crippen LogP contribution in [0.1, 0.15) is 6.92 Å². The van der Waals surface area contributed by atoms with Gasteiger partial charge in [0.25, 0.3) is 6.43 Å². The maximum Gasteiger partial charge on any atom is 0.427 e. The number of halogens is 9. The number of benzene rings is 1. The lowest BCUT2D eigenvalue weighted by atomic mass is 10.0. The number of anilines is 1. The highest BCUT2D eigenvalue weighted by molar-refractivity contribution is 5.92. The summed E-state index contributed by atoms with van der Waals surface area (Å²) in [5.74, 6) is -1.90. The zero-order chi connectivity index (χ0) is 21.8. The number of hydrogen-bond acceptors (Lipinski definition) is 3. The highest BCUT2D eigenvalue weighted by Gasteiger charge is 2.59. The first-order valence-electron chi connectivity index (χ1n) is 7.16. The standard InChI is InChI=1S/C14H13F9N2O3/c1-12(10(17)18,14(21,22)23)25-11(26)24-7-3-2-4-8(27-6-16)9(7)28-13(19,20)5-15/h2-4,10H,5-6H2,1H3,(H2,24,25,26). The fourth-order valence-corrected chi connectivity index (χ4v) is 1.71. The van der Waals surface area contributed by atoms with E-state index in [0.29, 0.717) is 0 Å². The summed E-state index contributed by atoms with van der Waals surface area (Å²) in [6.45, 7) is -3.92. The zero-order valence-electron chi connectivity index (χ0n) is 13.9. The van der Waals surface area contributed by atoms with Crippen molar-refractivity contribution in [1.82, 2.24) is 5.32 Å². The number of rotatable bonds is 8. The Balaban J connectivity index is 3.20. The third kappa shape index (κ3) is 5.48. The van der Waals surface area contributed by atoms with Gasteiger partial charge < -0.3 is 20.1 Å². The molecule has 0 spiro atoms. The number of ether oxygens (including phenoxy) is 2. The topological polar surface area (TPSA) is 59.6 Å². The van der Waals surface area contributed by atoms with Gasteiger partial charge >= 0.3 is 18.3 Å². The fraction of sp³-hybridized carbons (Fsp3) is 0.500. The monoisotopic (exact) mass is 428 g/mol. The summed E-state index contributed by atoms with van der Waals surface area (Å²) in [7, 11) is 0. The first-order valence-corrected chi connectivity index (χ1v) is 7.16. The van der Waals surface area contributed by atoms with E-state index in [9.17, 15) is 44.3 Å². The number of carbonyl (C=O) groups excluding carboxylic acids is 1. The maximum atomic E-state index is 13.2. The van der Waals surface area contributed by atoms with Crippen molar-refractivity contribution in [3.05, 3.63) is 18.2 Å². The van der Waals surface area contributed by atoms with Crippen LogP contribution in [0.15, 0.2) is 18.2 Å². The van der Waals surface area contributed by atoms with Gasteiger partial charge in [0.15, 0.2) is 23.7 Å². The summed E-state index contributed by atoms with van der Waals surface area (Å²) in [6.07, 6.45) is -14.1. The fourth-order valence-electron chi connectivity index (χ4n) is 1.71. The molecule has 1 aromatic carbocycles. The van der Waals surface area contributed by atoms with Gasteiger partial charge in [-0.05, 0) is 19.1 Å². The van der Waals surface area contributed by atoms with E-state index in [1.807, 2.05) is 0 Å². The molecule has 1 rings (SSSR count). The average Bonchev–Trinajstić information content (AvgIpc) is 2.56. The van der Waals surface area contributed by atoms with E-state index in [-0.39, 0.29) is 6.92 Å². The van der Waals surface area contributed by atoms with Gasteiger partial charge in [-0.2, -0.15) is 22.0 Å². The van der Waals surface area contributed by atoms with Crippen molar-refractivity contribution in [1.29, 1.82) is 0 Å². The lowest BCUT2D eigenvalue weighted by Crippen LogP contribution is -2.62. The molecule has 0 fully saturated rings. The van der Waals surface area contributed by atoms with Gasteiger partial charge in [-0.3, -0.25) is 0 Å². The molecule has 0 aliphatic carbocycles. The van der Waals surface area contributed by atoms with Gasteiger partial charge in [0, 0.05) is 0 Å². The summed E-state index contributed by atoms with van der Waals surface area (Å²) >= 11 is 0. The Labute approximate surface area is 151 Å². The van der Waals surface area contributed by atoms with Crippen molar-refractivity contribution >= 4 is 11.7 Å². The smallest absolute Gasteiger partial charge is 0.427 e.